The molecule has 0 saturated heterocycles. The molecule has 2 heteroatoms. The number of hydrogen-bond donors (Lipinski definition) is 0. The van der Waals surface area contributed by atoms with Gasteiger partial charge in [0.1, 0.15) is 12.4 Å². The third-order valence-electron chi connectivity index (χ3n) is 5.39. The van der Waals surface area contributed by atoms with Crippen LogP contribution in [0.2, 0.25) is 0 Å². The zero-order chi connectivity index (χ0) is 22.2. The largest absolute Gasteiger partial charge is 0.492 e. The molecule has 0 spiro atoms. The molecule has 0 N–H and O–H groups in total. The van der Waals surface area contributed by atoms with Gasteiger partial charge in [-0.25, -0.2) is 0 Å². The molecule has 0 unspecified atom stereocenters. The Morgan fingerprint density at radius 3 is 1.28 bits per heavy atom. The molecule has 2 nitrogen and oxygen atoms in total. The van der Waals surface area contributed by atoms with Crippen molar-refractivity contribution >= 4 is 11.1 Å². The van der Waals surface area contributed by atoms with Crippen molar-refractivity contribution in [2.45, 2.75) is 0 Å². The summed E-state index contributed by atoms with van der Waals surface area (Å²) >= 11 is 0. The summed E-state index contributed by atoms with van der Waals surface area (Å²) in [7, 11) is 4.11. The summed E-state index contributed by atoms with van der Waals surface area (Å²) in [4.78, 5) is 2.12. The van der Waals surface area contributed by atoms with Gasteiger partial charge in [-0.05, 0) is 59.6 Å². The molecule has 0 heterocycles. The number of benzene rings is 4. The molecular formula is C30H29NO. The molecule has 4 rings (SSSR count). The highest BCUT2D eigenvalue weighted by atomic mass is 16.5. The summed E-state index contributed by atoms with van der Waals surface area (Å²) in [6, 6.07) is 40.4. The maximum atomic E-state index is 5.93. The van der Waals surface area contributed by atoms with Crippen LogP contribution in [0.15, 0.2) is 115 Å². The molecule has 0 fully saturated rings. The summed E-state index contributed by atoms with van der Waals surface area (Å²) in [5.41, 5.74) is 7.18. The van der Waals surface area contributed by atoms with E-state index in [1.54, 1.807) is 0 Å². The molecule has 0 aliphatic rings. The Balaban J connectivity index is 1.85. The van der Waals surface area contributed by atoms with E-state index in [0.29, 0.717) is 6.61 Å². The molecule has 4 aromatic carbocycles. The van der Waals surface area contributed by atoms with Crippen LogP contribution >= 0.6 is 0 Å². The minimum absolute atomic E-state index is 0.674. The van der Waals surface area contributed by atoms with Gasteiger partial charge in [-0.1, -0.05) is 103 Å². The fourth-order valence-electron chi connectivity index (χ4n) is 3.79. The van der Waals surface area contributed by atoms with Crippen LogP contribution in [0.4, 0.5) is 0 Å². The Morgan fingerprint density at radius 1 is 0.531 bits per heavy atom. The lowest BCUT2D eigenvalue weighted by molar-refractivity contribution is 0.261. The van der Waals surface area contributed by atoms with E-state index in [9.17, 15) is 0 Å². The van der Waals surface area contributed by atoms with Gasteiger partial charge < -0.3 is 9.64 Å². The number of nitrogens with zero attached hydrogens (tertiary/aromatic N) is 1. The van der Waals surface area contributed by atoms with Crippen molar-refractivity contribution in [1.29, 1.82) is 0 Å². The van der Waals surface area contributed by atoms with E-state index in [4.69, 9.17) is 4.74 Å². The van der Waals surface area contributed by atoms with Crippen LogP contribution < -0.4 is 4.74 Å². The third-order valence-corrected chi connectivity index (χ3v) is 5.39. The fourth-order valence-corrected chi connectivity index (χ4v) is 3.79. The van der Waals surface area contributed by atoms with E-state index in [1.807, 2.05) is 0 Å². The van der Waals surface area contributed by atoms with Gasteiger partial charge in [0.25, 0.3) is 0 Å². The number of hydrogen-bond acceptors (Lipinski definition) is 2. The van der Waals surface area contributed by atoms with Crippen molar-refractivity contribution in [2.24, 2.45) is 0 Å². The van der Waals surface area contributed by atoms with Crippen LogP contribution in [0.3, 0.4) is 0 Å². The van der Waals surface area contributed by atoms with Crippen LogP contribution in [0, 0.1) is 0 Å². The summed E-state index contributed by atoms with van der Waals surface area (Å²) in [6.07, 6.45) is 0. The van der Waals surface area contributed by atoms with Gasteiger partial charge in [-0.15, -0.1) is 0 Å². The molecule has 0 radical (unpaired) electrons. The van der Waals surface area contributed by atoms with Crippen molar-refractivity contribution in [3.63, 3.8) is 0 Å². The molecule has 0 bridgehead atoms. The fraction of sp³-hybridized carbons (Fsp3) is 0.133. The zero-order valence-corrected chi connectivity index (χ0v) is 18.7. The van der Waals surface area contributed by atoms with E-state index in [-0.39, 0.29) is 0 Å². The van der Waals surface area contributed by atoms with Gasteiger partial charge in [0.15, 0.2) is 0 Å². The number of rotatable bonds is 8. The van der Waals surface area contributed by atoms with Crippen LogP contribution in [0.25, 0.3) is 11.1 Å². The molecule has 0 aliphatic heterocycles. The predicted molar refractivity (Wildman–Crippen MR) is 135 cm³/mol. The molecule has 4 aromatic rings. The first-order chi connectivity index (χ1) is 15.7. The summed E-state index contributed by atoms with van der Waals surface area (Å²) in [6.45, 7) is 1.57. The predicted octanol–water partition coefficient (Wildman–Crippen LogP) is 6.63. The maximum absolute atomic E-state index is 5.93. The standard InChI is InChI=1S/C30H29NO/c1-31(2)22-23-32-28-20-18-27(19-21-28)30(26-16-10-5-11-17-26)29(24-12-6-3-7-13-24)25-14-8-4-9-15-25/h3-21H,22-23H2,1-2H3. The average Bonchev–Trinajstić information content (AvgIpc) is 2.84. The number of ether oxygens (including phenoxy) is 1. The Labute approximate surface area is 191 Å². The Bertz CT molecular complexity index is 1090. The maximum Gasteiger partial charge on any atom is 0.119 e. The first kappa shape index (κ1) is 21.6. The molecule has 0 saturated carbocycles. The normalized spacial score (nSPS) is 10.7. The highest BCUT2D eigenvalue weighted by Crippen LogP contribution is 2.37. The van der Waals surface area contributed by atoms with E-state index < -0.39 is 0 Å². The van der Waals surface area contributed by atoms with Gasteiger partial charge in [-0.2, -0.15) is 0 Å². The van der Waals surface area contributed by atoms with Gasteiger partial charge in [0.05, 0.1) is 0 Å². The van der Waals surface area contributed by atoms with Crippen molar-refractivity contribution < 1.29 is 4.74 Å². The highest BCUT2D eigenvalue weighted by Gasteiger charge is 2.16. The van der Waals surface area contributed by atoms with Crippen molar-refractivity contribution in [3.05, 3.63) is 138 Å². The van der Waals surface area contributed by atoms with Gasteiger partial charge in [0, 0.05) is 6.54 Å². The van der Waals surface area contributed by atoms with Crippen molar-refractivity contribution in [1.82, 2.24) is 4.90 Å². The molecule has 0 atom stereocenters. The molecule has 32 heavy (non-hydrogen) atoms. The van der Waals surface area contributed by atoms with Crippen LogP contribution in [0.1, 0.15) is 22.3 Å². The van der Waals surface area contributed by atoms with Crippen LogP contribution in [-0.2, 0) is 0 Å². The third kappa shape index (κ3) is 5.35. The monoisotopic (exact) mass is 419 g/mol. The second-order valence-electron chi connectivity index (χ2n) is 8.02. The molecule has 0 aromatic heterocycles. The van der Waals surface area contributed by atoms with Gasteiger partial charge in [0.2, 0.25) is 0 Å². The van der Waals surface area contributed by atoms with E-state index in [0.717, 1.165) is 12.3 Å². The first-order valence-corrected chi connectivity index (χ1v) is 11.0. The summed E-state index contributed by atoms with van der Waals surface area (Å²) in [5.74, 6) is 0.893. The molecule has 0 aliphatic carbocycles. The summed E-state index contributed by atoms with van der Waals surface area (Å²) in [5, 5.41) is 0. The van der Waals surface area contributed by atoms with E-state index >= 15 is 0 Å². The van der Waals surface area contributed by atoms with Gasteiger partial charge >= 0.3 is 0 Å². The lowest BCUT2D eigenvalue weighted by Crippen LogP contribution is -2.19. The van der Waals surface area contributed by atoms with Crippen LogP contribution in [0.5, 0.6) is 5.75 Å². The second-order valence-corrected chi connectivity index (χ2v) is 8.02. The smallest absolute Gasteiger partial charge is 0.119 e. The van der Waals surface area contributed by atoms with Gasteiger partial charge in [-0.3, -0.25) is 0 Å². The van der Waals surface area contributed by atoms with E-state index in [1.165, 1.54) is 33.4 Å². The number of likely N-dealkylation sites (N-methyl/N-ethyl adjacent to an activating group) is 1. The minimum Gasteiger partial charge on any atom is -0.492 e. The Morgan fingerprint density at radius 2 is 0.906 bits per heavy atom. The molecule has 0 amide bonds. The Kier molecular flexibility index (Phi) is 7.16. The van der Waals surface area contributed by atoms with Crippen LogP contribution in [-0.4, -0.2) is 32.1 Å². The first-order valence-electron chi connectivity index (χ1n) is 11.0. The lowest BCUT2D eigenvalue weighted by atomic mass is 9.86. The Hall–Kier alpha value is -3.62. The SMILES string of the molecule is CN(C)CCOc1ccc(C(=C(c2ccccc2)c2ccccc2)c2ccccc2)cc1. The topological polar surface area (TPSA) is 12.5 Å². The summed E-state index contributed by atoms with van der Waals surface area (Å²) < 4.78 is 5.93. The molecule has 160 valence electrons. The molecular weight excluding hydrogens is 390 g/mol. The minimum atomic E-state index is 0.674. The van der Waals surface area contributed by atoms with Crippen molar-refractivity contribution in [3.8, 4) is 5.75 Å². The highest BCUT2D eigenvalue weighted by molar-refractivity contribution is 6.04. The van der Waals surface area contributed by atoms with E-state index in [2.05, 4.69) is 134 Å². The zero-order valence-electron chi connectivity index (χ0n) is 18.7. The second kappa shape index (κ2) is 10.6. The lowest BCUT2D eigenvalue weighted by Gasteiger charge is -2.18. The van der Waals surface area contributed by atoms with Crippen molar-refractivity contribution in [2.75, 3.05) is 27.2 Å². The quantitative estimate of drug-likeness (QED) is 0.297. The average molecular weight is 420 g/mol.